The average Bonchev–Trinajstić information content (AvgIpc) is 2.85. The van der Waals surface area contributed by atoms with Crippen molar-refractivity contribution in [3.05, 3.63) is 47.4 Å². The van der Waals surface area contributed by atoms with Gasteiger partial charge < -0.3 is 19.6 Å². The van der Waals surface area contributed by atoms with Gasteiger partial charge in [0.1, 0.15) is 17.8 Å². The van der Waals surface area contributed by atoms with Crippen molar-refractivity contribution in [1.29, 1.82) is 0 Å². The Balaban J connectivity index is 2.09. The van der Waals surface area contributed by atoms with Crippen LogP contribution in [0, 0.1) is 6.92 Å². The molecule has 0 aliphatic rings. The molecule has 1 aromatic heterocycles. The molecule has 0 aliphatic heterocycles. The number of rotatable bonds is 5. The van der Waals surface area contributed by atoms with Gasteiger partial charge in [-0.1, -0.05) is 6.07 Å². The minimum Gasteiger partial charge on any atom is -0.495 e. The topological polar surface area (TPSA) is 71.7 Å². The van der Waals surface area contributed by atoms with Crippen LogP contribution in [0.1, 0.15) is 21.7 Å². The van der Waals surface area contributed by atoms with Crippen LogP contribution in [0.4, 0.5) is 5.69 Å². The Morgan fingerprint density at radius 1 is 1.42 bits per heavy atom. The molecule has 1 heterocycles. The van der Waals surface area contributed by atoms with Crippen molar-refractivity contribution in [3.8, 4) is 5.75 Å². The molecule has 1 aromatic carbocycles. The van der Waals surface area contributed by atoms with Gasteiger partial charge in [0.05, 0.1) is 24.9 Å². The number of hydrogen-bond acceptors (Lipinski definition) is 4. The van der Waals surface area contributed by atoms with Crippen LogP contribution < -0.4 is 10.1 Å². The molecule has 100 valence electrons. The van der Waals surface area contributed by atoms with Crippen molar-refractivity contribution in [2.45, 2.75) is 13.5 Å². The van der Waals surface area contributed by atoms with Gasteiger partial charge in [0.15, 0.2) is 0 Å². The van der Waals surface area contributed by atoms with E-state index in [1.54, 1.807) is 7.11 Å². The number of aromatic carboxylic acids is 1. The van der Waals surface area contributed by atoms with Crippen LogP contribution in [0.2, 0.25) is 0 Å². The van der Waals surface area contributed by atoms with E-state index in [1.165, 1.54) is 12.3 Å². The second kappa shape index (κ2) is 5.48. The van der Waals surface area contributed by atoms with E-state index in [-0.39, 0.29) is 5.56 Å². The van der Waals surface area contributed by atoms with Gasteiger partial charge in [-0.15, -0.1) is 0 Å². The molecule has 0 radical (unpaired) electrons. The van der Waals surface area contributed by atoms with Gasteiger partial charge in [-0.3, -0.25) is 0 Å². The highest BCUT2D eigenvalue weighted by molar-refractivity contribution is 5.87. The summed E-state index contributed by atoms with van der Waals surface area (Å²) in [5.41, 5.74) is 2.10. The third-order valence-electron chi connectivity index (χ3n) is 2.71. The summed E-state index contributed by atoms with van der Waals surface area (Å²) in [6, 6.07) is 7.29. The third kappa shape index (κ3) is 3.07. The second-order valence-electron chi connectivity index (χ2n) is 4.16. The van der Waals surface area contributed by atoms with Crippen molar-refractivity contribution in [2.75, 3.05) is 12.4 Å². The summed E-state index contributed by atoms with van der Waals surface area (Å²) < 4.78 is 10.4. The molecule has 2 rings (SSSR count). The first-order valence-electron chi connectivity index (χ1n) is 5.79. The van der Waals surface area contributed by atoms with Gasteiger partial charge in [0.25, 0.3) is 0 Å². The van der Waals surface area contributed by atoms with Crippen molar-refractivity contribution in [1.82, 2.24) is 0 Å². The first kappa shape index (κ1) is 13.0. The molecule has 0 spiro atoms. The maximum Gasteiger partial charge on any atom is 0.338 e. The number of methoxy groups -OCH3 is 1. The summed E-state index contributed by atoms with van der Waals surface area (Å²) in [5, 5.41) is 12.0. The van der Waals surface area contributed by atoms with Crippen LogP contribution in [0.5, 0.6) is 5.75 Å². The summed E-state index contributed by atoms with van der Waals surface area (Å²) in [4.78, 5) is 10.7. The predicted molar refractivity (Wildman–Crippen MR) is 70.7 cm³/mol. The lowest BCUT2D eigenvalue weighted by molar-refractivity contribution is 0.0696. The Hall–Kier alpha value is -2.43. The number of carbonyl (C=O) groups is 1. The van der Waals surface area contributed by atoms with E-state index in [2.05, 4.69) is 5.32 Å². The Morgan fingerprint density at radius 3 is 2.84 bits per heavy atom. The highest BCUT2D eigenvalue weighted by Gasteiger charge is 2.09. The Bertz CT molecular complexity index is 589. The van der Waals surface area contributed by atoms with Crippen LogP contribution in [0.15, 0.2) is 34.9 Å². The maximum atomic E-state index is 10.7. The fourth-order valence-corrected chi connectivity index (χ4v) is 1.73. The zero-order valence-corrected chi connectivity index (χ0v) is 10.8. The molecule has 0 unspecified atom stereocenters. The van der Waals surface area contributed by atoms with Gasteiger partial charge in [-0.25, -0.2) is 4.79 Å². The number of aryl methyl sites for hydroxylation is 1. The van der Waals surface area contributed by atoms with Crippen molar-refractivity contribution in [2.24, 2.45) is 0 Å². The number of benzene rings is 1. The minimum absolute atomic E-state index is 0.146. The molecule has 0 aliphatic carbocycles. The SMILES string of the molecule is COc1ccc(C)cc1NCc1cc(C(=O)O)co1. The molecule has 0 saturated heterocycles. The average molecular weight is 261 g/mol. The zero-order valence-electron chi connectivity index (χ0n) is 10.8. The van der Waals surface area contributed by atoms with Gasteiger partial charge in [-0.05, 0) is 30.7 Å². The monoisotopic (exact) mass is 261 g/mol. The zero-order chi connectivity index (χ0) is 13.8. The van der Waals surface area contributed by atoms with Crippen LogP contribution in [0.25, 0.3) is 0 Å². The molecular weight excluding hydrogens is 246 g/mol. The van der Waals surface area contributed by atoms with Gasteiger partial charge in [-0.2, -0.15) is 0 Å². The molecular formula is C14H15NO4. The number of carboxylic acid groups (broad SMARTS) is 1. The quantitative estimate of drug-likeness (QED) is 0.865. The first-order valence-corrected chi connectivity index (χ1v) is 5.79. The summed E-state index contributed by atoms with van der Waals surface area (Å²) in [5.74, 6) is 0.291. The van der Waals surface area contributed by atoms with E-state index in [4.69, 9.17) is 14.3 Å². The number of anilines is 1. The minimum atomic E-state index is -0.997. The third-order valence-corrected chi connectivity index (χ3v) is 2.71. The Labute approximate surface area is 110 Å². The van der Waals surface area contributed by atoms with E-state index in [1.807, 2.05) is 25.1 Å². The van der Waals surface area contributed by atoms with E-state index in [9.17, 15) is 4.79 Å². The molecule has 5 heteroatoms. The molecule has 0 fully saturated rings. The molecule has 0 atom stereocenters. The predicted octanol–water partition coefficient (Wildman–Crippen LogP) is 2.91. The fraction of sp³-hybridized carbons (Fsp3) is 0.214. The van der Waals surface area contributed by atoms with Gasteiger partial charge >= 0.3 is 5.97 Å². The van der Waals surface area contributed by atoms with E-state index in [0.29, 0.717) is 12.3 Å². The number of ether oxygens (including phenoxy) is 1. The Morgan fingerprint density at radius 2 is 2.21 bits per heavy atom. The first-order chi connectivity index (χ1) is 9.10. The second-order valence-corrected chi connectivity index (χ2v) is 4.16. The number of hydrogen-bond donors (Lipinski definition) is 2. The van der Waals surface area contributed by atoms with Crippen LogP contribution in [-0.2, 0) is 6.54 Å². The summed E-state index contributed by atoms with van der Waals surface area (Å²) in [6.07, 6.45) is 1.23. The van der Waals surface area contributed by atoms with E-state index >= 15 is 0 Å². The molecule has 0 saturated carbocycles. The lowest BCUT2D eigenvalue weighted by Gasteiger charge is -2.10. The van der Waals surface area contributed by atoms with Crippen molar-refractivity contribution < 1.29 is 19.1 Å². The summed E-state index contributed by atoms with van der Waals surface area (Å²) in [7, 11) is 1.60. The summed E-state index contributed by atoms with van der Waals surface area (Å²) in [6.45, 7) is 2.38. The molecule has 5 nitrogen and oxygen atoms in total. The molecule has 0 bridgehead atoms. The van der Waals surface area contributed by atoms with E-state index < -0.39 is 5.97 Å². The normalized spacial score (nSPS) is 10.2. The van der Waals surface area contributed by atoms with Crippen molar-refractivity contribution >= 4 is 11.7 Å². The van der Waals surface area contributed by atoms with Crippen LogP contribution >= 0.6 is 0 Å². The van der Waals surface area contributed by atoms with Crippen LogP contribution in [0.3, 0.4) is 0 Å². The molecule has 2 N–H and O–H groups in total. The highest BCUT2D eigenvalue weighted by Crippen LogP contribution is 2.25. The van der Waals surface area contributed by atoms with E-state index in [0.717, 1.165) is 17.0 Å². The van der Waals surface area contributed by atoms with Crippen molar-refractivity contribution in [3.63, 3.8) is 0 Å². The lowest BCUT2D eigenvalue weighted by atomic mass is 10.2. The van der Waals surface area contributed by atoms with Gasteiger partial charge in [0.2, 0.25) is 0 Å². The number of furan rings is 1. The highest BCUT2D eigenvalue weighted by atomic mass is 16.5. The molecule has 0 amide bonds. The standard InChI is InChI=1S/C14H15NO4/c1-9-3-4-13(18-2)12(5-9)15-7-11-6-10(8-19-11)14(16)17/h3-6,8,15H,7H2,1-2H3,(H,16,17). The fourth-order valence-electron chi connectivity index (χ4n) is 1.73. The largest absolute Gasteiger partial charge is 0.495 e. The molecule has 2 aromatic rings. The smallest absolute Gasteiger partial charge is 0.338 e. The number of carboxylic acids is 1. The summed E-state index contributed by atoms with van der Waals surface area (Å²) >= 11 is 0. The van der Waals surface area contributed by atoms with Crippen LogP contribution in [-0.4, -0.2) is 18.2 Å². The Kier molecular flexibility index (Phi) is 3.75. The molecule has 19 heavy (non-hydrogen) atoms. The maximum absolute atomic E-state index is 10.7. The number of nitrogens with one attached hydrogen (secondary N) is 1. The lowest BCUT2D eigenvalue weighted by Crippen LogP contribution is -2.01. The van der Waals surface area contributed by atoms with Gasteiger partial charge in [0, 0.05) is 0 Å².